The fourth-order valence-electron chi connectivity index (χ4n) is 6.52. The van der Waals surface area contributed by atoms with E-state index in [0.717, 1.165) is 38.6 Å². The first kappa shape index (κ1) is 23.7. The largest absolute Gasteiger partial charge is 0.390 e. The monoisotopic (exact) mass is 481 g/mol. The molecule has 1 aliphatic heterocycles. The Hall–Kier alpha value is -2.66. The van der Waals surface area contributed by atoms with E-state index in [4.69, 9.17) is 0 Å². The van der Waals surface area contributed by atoms with Crippen molar-refractivity contribution < 1.29 is 5.11 Å². The molecule has 0 bridgehead atoms. The molecule has 0 radical (unpaired) electrons. The molecule has 0 amide bonds. The average Bonchev–Trinajstić information content (AvgIpc) is 3.23. The van der Waals surface area contributed by atoms with Crippen LogP contribution in [-0.4, -0.2) is 64.8 Å². The van der Waals surface area contributed by atoms with Crippen LogP contribution in [-0.2, 0) is 6.54 Å². The van der Waals surface area contributed by atoms with Gasteiger partial charge in [0.05, 0.1) is 12.6 Å². The van der Waals surface area contributed by atoms with E-state index in [1.165, 1.54) is 71.6 Å². The number of hydrogen-bond donors (Lipinski definition) is 1. The van der Waals surface area contributed by atoms with E-state index in [1.54, 1.807) is 0 Å². The van der Waals surface area contributed by atoms with Crippen molar-refractivity contribution in [3.63, 3.8) is 0 Å². The predicted octanol–water partition coefficient (Wildman–Crippen LogP) is 6.02. The predicted molar refractivity (Wildman–Crippen MR) is 150 cm³/mol. The maximum Gasteiger partial charge on any atom is 0.0845 e. The highest BCUT2D eigenvalue weighted by molar-refractivity contribution is 6.09. The van der Waals surface area contributed by atoms with Crippen LogP contribution in [0.4, 0.5) is 0 Å². The zero-order valence-corrected chi connectivity index (χ0v) is 21.4. The number of nitrogens with zero attached hydrogens (tertiary/aromatic N) is 3. The molecule has 2 heterocycles. The Morgan fingerprint density at radius 3 is 2.17 bits per heavy atom. The van der Waals surface area contributed by atoms with Crippen molar-refractivity contribution in [2.24, 2.45) is 5.92 Å². The lowest BCUT2D eigenvalue weighted by atomic mass is 9.89. The quantitative estimate of drug-likeness (QED) is 0.350. The zero-order chi connectivity index (χ0) is 24.3. The molecule has 6 rings (SSSR count). The Morgan fingerprint density at radius 1 is 0.667 bits per heavy atom. The Morgan fingerprint density at radius 2 is 1.36 bits per heavy atom. The Bertz CT molecular complexity index is 1280. The van der Waals surface area contributed by atoms with E-state index < -0.39 is 0 Å². The minimum absolute atomic E-state index is 0.386. The molecule has 0 spiro atoms. The maximum atomic E-state index is 11.2. The van der Waals surface area contributed by atoms with Crippen LogP contribution in [0, 0.1) is 5.92 Å². The number of rotatable bonds is 7. The summed E-state index contributed by atoms with van der Waals surface area (Å²) in [6.07, 6.45) is 6.74. The lowest BCUT2D eigenvalue weighted by molar-refractivity contribution is 0.0584. The number of aromatic nitrogens is 1. The number of benzene rings is 3. The molecule has 1 aliphatic carbocycles. The van der Waals surface area contributed by atoms with E-state index in [-0.39, 0.29) is 6.10 Å². The smallest absolute Gasteiger partial charge is 0.0845 e. The second-order valence-electron chi connectivity index (χ2n) is 11.0. The molecule has 4 nitrogen and oxygen atoms in total. The van der Waals surface area contributed by atoms with Crippen LogP contribution >= 0.6 is 0 Å². The minimum Gasteiger partial charge on any atom is -0.390 e. The Labute approximate surface area is 215 Å². The summed E-state index contributed by atoms with van der Waals surface area (Å²) in [5.41, 5.74) is 4.87. The third-order valence-corrected chi connectivity index (χ3v) is 8.45. The van der Waals surface area contributed by atoms with Gasteiger partial charge in [-0.2, -0.15) is 0 Å². The molecule has 2 aliphatic rings. The van der Waals surface area contributed by atoms with Gasteiger partial charge >= 0.3 is 0 Å². The number of piperazine rings is 1. The van der Waals surface area contributed by atoms with Gasteiger partial charge in [-0.3, -0.25) is 4.90 Å². The lowest BCUT2D eigenvalue weighted by Crippen LogP contribution is -2.50. The summed E-state index contributed by atoms with van der Waals surface area (Å²) in [5, 5.41) is 13.7. The maximum absolute atomic E-state index is 11.2. The van der Waals surface area contributed by atoms with Gasteiger partial charge in [0.15, 0.2) is 0 Å². The van der Waals surface area contributed by atoms with Gasteiger partial charge in [0.25, 0.3) is 0 Å². The molecule has 2 fully saturated rings. The van der Waals surface area contributed by atoms with Crippen LogP contribution in [0.3, 0.4) is 0 Å². The molecule has 1 N–H and O–H groups in total. The molecule has 1 atom stereocenters. The van der Waals surface area contributed by atoms with E-state index in [2.05, 4.69) is 87.2 Å². The standard InChI is InChI=1S/C32H39N3O/c36-28(23-34-19-17-33(18-20-34)22-25-9-3-1-4-10-25)24-35-31-14-8-7-13-29(31)30-21-27(15-16-32(30)35)26-11-5-2-6-12-26/h2,5-8,11-16,21,25,28,36H,1,3-4,9-10,17-20,22-24H2. The summed E-state index contributed by atoms with van der Waals surface area (Å²) in [4.78, 5) is 5.12. The molecule has 4 heteroatoms. The summed E-state index contributed by atoms with van der Waals surface area (Å²) in [6, 6.07) is 25.9. The van der Waals surface area contributed by atoms with Crippen LogP contribution in [0.5, 0.6) is 0 Å². The SMILES string of the molecule is OC(CN1CCN(CC2CCCCC2)CC1)Cn1c2ccccc2c2cc(-c3ccccc3)ccc21. The summed E-state index contributed by atoms with van der Waals surface area (Å²) in [5.74, 6) is 0.911. The number of fused-ring (bicyclic) bond motifs is 3. The van der Waals surface area contributed by atoms with Crippen molar-refractivity contribution >= 4 is 21.8 Å². The molecule has 3 aromatic carbocycles. The number of aliphatic hydroxyl groups excluding tert-OH is 1. The Kier molecular flexibility index (Phi) is 7.09. The van der Waals surface area contributed by atoms with Crippen LogP contribution in [0.1, 0.15) is 32.1 Å². The van der Waals surface area contributed by atoms with Gasteiger partial charge in [0.2, 0.25) is 0 Å². The topological polar surface area (TPSA) is 31.6 Å². The van der Waals surface area contributed by atoms with Crippen molar-refractivity contribution in [3.05, 3.63) is 72.8 Å². The van der Waals surface area contributed by atoms with Crippen LogP contribution in [0.25, 0.3) is 32.9 Å². The highest BCUT2D eigenvalue weighted by Gasteiger charge is 2.23. The van der Waals surface area contributed by atoms with E-state index in [1.807, 2.05) is 0 Å². The highest BCUT2D eigenvalue weighted by atomic mass is 16.3. The molecule has 1 unspecified atom stereocenters. The van der Waals surface area contributed by atoms with Crippen molar-refractivity contribution in [3.8, 4) is 11.1 Å². The van der Waals surface area contributed by atoms with E-state index in [0.29, 0.717) is 6.54 Å². The first-order chi connectivity index (χ1) is 17.7. The van der Waals surface area contributed by atoms with Crippen molar-refractivity contribution in [1.82, 2.24) is 14.4 Å². The van der Waals surface area contributed by atoms with Gasteiger partial charge in [-0.15, -0.1) is 0 Å². The molecule has 1 aromatic heterocycles. The van der Waals surface area contributed by atoms with Gasteiger partial charge in [0.1, 0.15) is 0 Å². The number of hydrogen-bond acceptors (Lipinski definition) is 3. The first-order valence-corrected chi connectivity index (χ1v) is 13.9. The summed E-state index contributed by atoms with van der Waals surface area (Å²) in [7, 11) is 0. The summed E-state index contributed by atoms with van der Waals surface area (Å²) >= 11 is 0. The minimum atomic E-state index is -0.386. The molecule has 1 saturated heterocycles. The number of β-amino-alcohol motifs (C(OH)–C–C–N with tert-alkyl or cyclic N) is 1. The fourth-order valence-corrected chi connectivity index (χ4v) is 6.52. The second-order valence-corrected chi connectivity index (χ2v) is 11.0. The average molecular weight is 482 g/mol. The second kappa shape index (κ2) is 10.8. The third kappa shape index (κ3) is 5.08. The lowest BCUT2D eigenvalue weighted by Gasteiger charge is -2.38. The molecule has 4 aromatic rings. The van der Waals surface area contributed by atoms with Gasteiger partial charge in [-0.25, -0.2) is 0 Å². The summed E-state index contributed by atoms with van der Waals surface area (Å²) < 4.78 is 2.32. The van der Waals surface area contributed by atoms with Gasteiger partial charge in [0, 0.05) is 61.1 Å². The zero-order valence-electron chi connectivity index (χ0n) is 21.4. The third-order valence-electron chi connectivity index (χ3n) is 8.45. The highest BCUT2D eigenvalue weighted by Crippen LogP contribution is 2.33. The van der Waals surface area contributed by atoms with Gasteiger partial charge in [-0.05, 0) is 48.1 Å². The van der Waals surface area contributed by atoms with Crippen LogP contribution < -0.4 is 0 Å². The normalized spacial score (nSPS) is 19.2. The van der Waals surface area contributed by atoms with Gasteiger partial charge < -0.3 is 14.6 Å². The molecule has 36 heavy (non-hydrogen) atoms. The van der Waals surface area contributed by atoms with Crippen LogP contribution in [0.2, 0.25) is 0 Å². The van der Waals surface area contributed by atoms with E-state index in [9.17, 15) is 5.11 Å². The molecular formula is C32H39N3O. The van der Waals surface area contributed by atoms with Crippen molar-refractivity contribution in [2.75, 3.05) is 39.3 Å². The van der Waals surface area contributed by atoms with Gasteiger partial charge in [-0.1, -0.05) is 73.9 Å². The van der Waals surface area contributed by atoms with Crippen molar-refractivity contribution in [2.45, 2.75) is 44.8 Å². The molecule has 188 valence electrons. The number of para-hydroxylation sites is 1. The summed E-state index contributed by atoms with van der Waals surface area (Å²) in [6.45, 7) is 7.06. The van der Waals surface area contributed by atoms with E-state index >= 15 is 0 Å². The molecule has 1 saturated carbocycles. The van der Waals surface area contributed by atoms with Crippen molar-refractivity contribution in [1.29, 1.82) is 0 Å². The molecular weight excluding hydrogens is 442 g/mol. The fraction of sp³-hybridized carbons (Fsp3) is 0.438. The van der Waals surface area contributed by atoms with Crippen LogP contribution in [0.15, 0.2) is 72.8 Å². The Balaban J connectivity index is 1.14. The first-order valence-electron chi connectivity index (χ1n) is 13.9. The number of aliphatic hydroxyl groups is 1.